The van der Waals surface area contributed by atoms with Crippen molar-refractivity contribution in [3.63, 3.8) is 0 Å². The molecule has 0 aromatic heterocycles. The highest BCUT2D eigenvalue weighted by Crippen LogP contribution is 2.16. The molecular weight excluding hydrogens is 274 g/mol. The Hall–Kier alpha value is -1.55. The molecule has 122 valence electrons. The molecular formula is C18H29N3O. The standard InChI is InChI=1S/C18H29N3O/c1-4-19-18(21-13-17-6-5-11-22-17)20-12-15(3)16-9-7-14(2)8-10-16/h7-10,15,17H,4-6,11-13H2,1-3H3,(H2,19,20,21). The first-order chi connectivity index (χ1) is 10.7. The van der Waals surface area contributed by atoms with Crippen LogP contribution in [0.25, 0.3) is 0 Å². The Morgan fingerprint density at radius 2 is 2.09 bits per heavy atom. The summed E-state index contributed by atoms with van der Waals surface area (Å²) in [5.74, 6) is 1.30. The molecule has 1 aromatic rings. The van der Waals surface area contributed by atoms with Gasteiger partial charge in [0.15, 0.2) is 5.96 Å². The van der Waals surface area contributed by atoms with E-state index in [9.17, 15) is 0 Å². The quantitative estimate of drug-likeness (QED) is 0.627. The molecule has 0 amide bonds. The van der Waals surface area contributed by atoms with Gasteiger partial charge in [-0.3, -0.25) is 4.99 Å². The molecule has 2 unspecified atom stereocenters. The van der Waals surface area contributed by atoms with Crippen LogP contribution in [0.3, 0.4) is 0 Å². The summed E-state index contributed by atoms with van der Waals surface area (Å²) in [5, 5.41) is 6.70. The Kier molecular flexibility index (Phi) is 6.72. The Balaban J connectivity index is 1.86. The molecule has 0 bridgehead atoms. The molecule has 0 aliphatic carbocycles. The van der Waals surface area contributed by atoms with Crippen LogP contribution in [0.4, 0.5) is 0 Å². The average molecular weight is 303 g/mol. The highest BCUT2D eigenvalue weighted by molar-refractivity contribution is 5.79. The zero-order valence-corrected chi connectivity index (χ0v) is 14.1. The predicted molar refractivity (Wildman–Crippen MR) is 92.5 cm³/mol. The number of ether oxygens (including phenoxy) is 1. The number of benzene rings is 1. The number of rotatable bonds is 6. The normalized spacial score (nSPS) is 20.0. The summed E-state index contributed by atoms with van der Waals surface area (Å²) >= 11 is 0. The van der Waals surface area contributed by atoms with Crippen LogP contribution in [-0.2, 0) is 4.74 Å². The second-order valence-corrected chi connectivity index (χ2v) is 6.05. The summed E-state index contributed by atoms with van der Waals surface area (Å²) in [6.45, 7) is 9.81. The third kappa shape index (κ3) is 5.34. The molecule has 1 heterocycles. The van der Waals surface area contributed by atoms with E-state index in [-0.39, 0.29) is 0 Å². The van der Waals surface area contributed by atoms with Crippen molar-refractivity contribution in [3.05, 3.63) is 35.4 Å². The van der Waals surface area contributed by atoms with E-state index >= 15 is 0 Å². The van der Waals surface area contributed by atoms with E-state index in [2.05, 4.69) is 55.7 Å². The average Bonchev–Trinajstić information content (AvgIpc) is 3.04. The fourth-order valence-electron chi connectivity index (χ4n) is 2.59. The topological polar surface area (TPSA) is 45.7 Å². The van der Waals surface area contributed by atoms with Crippen LogP contribution in [0.1, 0.15) is 43.7 Å². The minimum absolute atomic E-state index is 0.332. The summed E-state index contributed by atoms with van der Waals surface area (Å²) in [6.07, 6.45) is 2.65. The van der Waals surface area contributed by atoms with Gasteiger partial charge in [0.1, 0.15) is 0 Å². The van der Waals surface area contributed by atoms with Crippen molar-refractivity contribution < 1.29 is 4.74 Å². The SMILES string of the molecule is CCNC(=NCC(C)c1ccc(C)cc1)NCC1CCCO1. The fraction of sp³-hybridized carbons (Fsp3) is 0.611. The van der Waals surface area contributed by atoms with Crippen molar-refractivity contribution in [1.29, 1.82) is 0 Å². The lowest BCUT2D eigenvalue weighted by Crippen LogP contribution is -2.41. The van der Waals surface area contributed by atoms with Gasteiger partial charge in [-0.2, -0.15) is 0 Å². The van der Waals surface area contributed by atoms with E-state index in [1.165, 1.54) is 17.5 Å². The fourth-order valence-corrected chi connectivity index (χ4v) is 2.59. The summed E-state index contributed by atoms with van der Waals surface area (Å²) in [5.41, 5.74) is 2.63. The lowest BCUT2D eigenvalue weighted by atomic mass is 10.0. The highest BCUT2D eigenvalue weighted by Gasteiger charge is 2.15. The van der Waals surface area contributed by atoms with Gasteiger partial charge in [-0.25, -0.2) is 0 Å². The van der Waals surface area contributed by atoms with Gasteiger partial charge in [0.05, 0.1) is 6.10 Å². The first-order valence-corrected chi connectivity index (χ1v) is 8.39. The molecule has 0 radical (unpaired) electrons. The van der Waals surface area contributed by atoms with Crippen molar-refractivity contribution in [2.45, 2.75) is 45.6 Å². The summed E-state index contributed by atoms with van der Waals surface area (Å²) in [6, 6.07) is 8.72. The zero-order chi connectivity index (χ0) is 15.8. The molecule has 1 aromatic carbocycles. The van der Waals surface area contributed by atoms with Gasteiger partial charge in [0.25, 0.3) is 0 Å². The minimum atomic E-state index is 0.332. The van der Waals surface area contributed by atoms with E-state index in [1.54, 1.807) is 0 Å². The van der Waals surface area contributed by atoms with Crippen LogP contribution in [0.15, 0.2) is 29.3 Å². The van der Waals surface area contributed by atoms with E-state index in [1.807, 2.05) is 0 Å². The van der Waals surface area contributed by atoms with Gasteiger partial charge in [-0.05, 0) is 32.3 Å². The van der Waals surface area contributed by atoms with Crippen LogP contribution in [0.2, 0.25) is 0 Å². The summed E-state index contributed by atoms with van der Waals surface area (Å²) in [4.78, 5) is 4.71. The monoisotopic (exact) mass is 303 g/mol. The number of nitrogens with zero attached hydrogens (tertiary/aromatic N) is 1. The number of guanidine groups is 1. The molecule has 1 aliphatic rings. The van der Waals surface area contributed by atoms with Crippen LogP contribution in [0.5, 0.6) is 0 Å². The number of aliphatic imine (C=N–C) groups is 1. The summed E-state index contributed by atoms with van der Waals surface area (Å²) < 4.78 is 5.64. The molecule has 1 saturated heterocycles. The summed E-state index contributed by atoms with van der Waals surface area (Å²) in [7, 11) is 0. The molecule has 2 atom stereocenters. The van der Waals surface area contributed by atoms with Gasteiger partial charge in [0.2, 0.25) is 0 Å². The molecule has 4 nitrogen and oxygen atoms in total. The van der Waals surface area contributed by atoms with Crippen molar-refractivity contribution >= 4 is 5.96 Å². The Bertz CT molecular complexity index is 464. The van der Waals surface area contributed by atoms with E-state index in [0.29, 0.717) is 12.0 Å². The van der Waals surface area contributed by atoms with E-state index in [0.717, 1.165) is 38.6 Å². The predicted octanol–water partition coefficient (Wildman–Crippen LogP) is 2.83. The first-order valence-electron chi connectivity index (χ1n) is 8.39. The molecule has 1 fully saturated rings. The molecule has 0 spiro atoms. The van der Waals surface area contributed by atoms with Crippen LogP contribution >= 0.6 is 0 Å². The Morgan fingerprint density at radius 3 is 2.73 bits per heavy atom. The molecule has 2 N–H and O–H groups in total. The molecule has 2 rings (SSSR count). The third-order valence-electron chi connectivity index (χ3n) is 4.04. The molecule has 1 aliphatic heterocycles. The van der Waals surface area contributed by atoms with E-state index in [4.69, 9.17) is 9.73 Å². The lowest BCUT2D eigenvalue weighted by Gasteiger charge is -2.16. The molecule has 0 saturated carbocycles. The van der Waals surface area contributed by atoms with Gasteiger partial charge in [0, 0.05) is 32.2 Å². The maximum Gasteiger partial charge on any atom is 0.191 e. The smallest absolute Gasteiger partial charge is 0.191 e. The maximum atomic E-state index is 5.64. The molecule has 22 heavy (non-hydrogen) atoms. The molecule has 4 heteroatoms. The van der Waals surface area contributed by atoms with Crippen LogP contribution < -0.4 is 10.6 Å². The Labute approximate surface area is 134 Å². The largest absolute Gasteiger partial charge is 0.376 e. The Morgan fingerprint density at radius 1 is 1.32 bits per heavy atom. The highest BCUT2D eigenvalue weighted by atomic mass is 16.5. The second kappa shape index (κ2) is 8.79. The van der Waals surface area contributed by atoms with Gasteiger partial charge in [-0.15, -0.1) is 0 Å². The van der Waals surface area contributed by atoms with Gasteiger partial charge >= 0.3 is 0 Å². The van der Waals surface area contributed by atoms with Gasteiger partial charge in [-0.1, -0.05) is 36.8 Å². The number of hydrogen-bond donors (Lipinski definition) is 2. The number of nitrogens with one attached hydrogen (secondary N) is 2. The third-order valence-corrected chi connectivity index (χ3v) is 4.04. The van der Waals surface area contributed by atoms with Crippen molar-refractivity contribution in [3.8, 4) is 0 Å². The maximum absolute atomic E-state index is 5.64. The van der Waals surface area contributed by atoms with Crippen molar-refractivity contribution in [1.82, 2.24) is 10.6 Å². The minimum Gasteiger partial charge on any atom is -0.376 e. The zero-order valence-electron chi connectivity index (χ0n) is 14.1. The first kappa shape index (κ1) is 16.8. The lowest BCUT2D eigenvalue weighted by molar-refractivity contribution is 0.114. The number of hydrogen-bond acceptors (Lipinski definition) is 2. The van der Waals surface area contributed by atoms with E-state index < -0.39 is 0 Å². The number of aryl methyl sites for hydroxylation is 1. The van der Waals surface area contributed by atoms with Crippen LogP contribution in [-0.4, -0.2) is 38.3 Å². The van der Waals surface area contributed by atoms with Crippen molar-refractivity contribution in [2.75, 3.05) is 26.2 Å². The van der Waals surface area contributed by atoms with Gasteiger partial charge < -0.3 is 15.4 Å². The second-order valence-electron chi connectivity index (χ2n) is 6.05. The van der Waals surface area contributed by atoms with Crippen LogP contribution in [0, 0.1) is 6.92 Å². The van der Waals surface area contributed by atoms with Crippen molar-refractivity contribution in [2.24, 2.45) is 4.99 Å².